The average Bonchev–Trinajstić information content (AvgIpc) is 2.80. The predicted octanol–water partition coefficient (Wildman–Crippen LogP) is 6.38. The van der Waals surface area contributed by atoms with E-state index >= 15 is 0 Å². The Morgan fingerprint density at radius 3 is 1.18 bits per heavy atom. The molecule has 4 nitrogen and oxygen atoms in total. The molecule has 0 unspecified atom stereocenters. The van der Waals surface area contributed by atoms with E-state index in [1.54, 1.807) is 0 Å². The van der Waals surface area contributed by atoms with Crippen molar-refractivity contribution >= 4 is 0 Å². The van der Waals surface area contributed by atoms with Gasteiger partial charge in [0.2, 0.25) is 0 Å². The zero-order valence-electron chi connectivity index (χ0n) is 23.2. The third-order valence-electron chi connectivity index (χ3n) is 8.14. The van der Waals surface area contributed by atoms with E-state index in [2.05, 4.69) is 70.1 Å². The fraction of sp³-hybridized carbons (Fsp3) is 1.00. The van der Waals surface area contributed by atoms with Crippen LogP contribution in [-0.4, -0.2) is 83.8 Å². The Morgan fingerprint density at radius 1 is 0.606 bits per heavy atom. The van der Waals surface area contributed by atoms with Crippen molar-refractivity contribution in [3.8, 4) is 0 Å². The van der Waals surface area contributed by atoms with Gasteiger partial charge in [0.1, 0.15) is 0 Å². The van der Waals surface area contributed by atoms with Gasteiger partial charge < -0.3 is 19.8 Å². The maximum atomic E-state index is 8.90. The third-order valence-corrected chi connectivity index (χ3v) is 8.14. The summed E-state index contributed by atoms with van der Waals surface area (Å²) in [5.74, 6) is 2.56. The van der Waals surface area contributed by atoms with Crippen LogP contribution in [0.2, 0.25) is 0 Å². The number of aliphatic hydroxyl groups excluding tert-OH is 1. The van der Waals surface area contributed by atoms with E-state index in [1.165, 1.54) is 84.2 Å². The molecule has 0 aromatic carbocycles. The van der Waals surface area contributed by atoms with E-state index in [1.807, 2.05) is 0 Å². The van der Waals surface area contributed by atoms with Crippen molar-refractivity contribution in [1.29, 1.82) is 0 Å². The SMILES string of the molecule is C.CC(C)N1CCC(CO)CC1.CC1CCN(C(C)C)CC1.CCC1CCN(C(C)C)CC1. The van der Waals surface area contributed by atoms with Crippen LogP contribution in [0.4, 0.5) is 0 Å². The molecule has 200 valence electrons. The molecule has 3 heterocycles. The summed E-state index contributed by atoms with van der Waals surface area (Å²) >= 11 is 0. The van der Waals surface area contributed by atoms with Crippen LogP contribution in [0.3, 0.4) is 0 Å². The van der Waals surface area contributed by atoms with Crippen LogP contribution in [0.1, 0.15) is 108 Å². The Balaban J connectivity index is 0.000000459. The fourth-order valence-corrected chi connectivity index (χ4v) is 5.07. The first-order valence-corrected chi connectivity index (χ1v) is 14.0. The number of aliphatic hydroxyl groups is 1. The highest BCUT2D eigenvalue weighted by Gasteiger charge is 2.20. The summed E-state index contributed by atoms with van der Waals surface area (Å²) in [5.41, 5.74) is 0. The van der Waals surface area contributed by atoms with Gasteiger partial charge in [0.05, 0.1) is 0 Å². The summed E-state index contributed by atoms with van der Waals surface area (Å²) < 4.78 is 0. The normalized spacial score (nSPS) is 22.5. The van der Waals surface area contributed by atoms with Crippen LogP contribution in [0, 0.1) is 17.8 Å². The Morgan fingerprint density at radius 2 is 0.909 bits per heavy atom. The molecule has 0 saturated carbocycles. The van der Waals surface area contributed by atoms with Crippen LogP contribution in [0.15, 0.2) is 0 Å². The number of nitrogens with zero attached hydrogens (tertiary/aromatic N) is 3. The lowest BCUT2D eigenvalue weighted by Crippen LogP contribution is -2.39. The van der Waals surface area contributed by atoms with Gasteiger partial charge in [-0.05, 0) is 137 Å². The van der Waals surface area contributed by atoms with Gasteiger partial charge in [-0.1, -0.05) is 27.7 Å². The van der Waals surface area contributed by atoms with Gasteiger partial charge in [0, 0.05) is 24.7 Å². The van der Waals surface area contributed by atoms with E-state index in [0.29, 0.717) is 18.6 Å². The summed E-state index contributed by atoms with van der Waals surface area (Å²) in [5, 5.41) is 8.90. The number of piperidine rings is 3. The molecule has 3 aliphatic heterocycles. The summed E-state index contributed by atoms with van der Waals surface area (Å²) in [6, 6.07) is 2.19. The molecular weight excluding hydrogens is 406 g/mol. The Labute approximate surface area is 209 Å². The Bertz CT molecular complexity index is 402. The lowest BCUT2D eigenvalue weighted by atomic mass is 9.94. The third kappa shape index (κ3) is 13.5. The van der Waals surface area contributed by atoms with Gasteiger partial charge >= 0.3 is 0 Å². The highest BCUT2D eigenvalue weighted by atomic mass is 16.3. The summed E-state index contributed by atoms with van der Waals surface area (Å²) in [4.78, 5) is 7.64. The molecule has 0 spiro atoms. The molecule has 0 aliphatic carbocycles. The van der Waals surface area contributed by atoms with Crippen LogP contribution >= 0.6 is 0 Å². The van der Waals surface area contributed by atoms with E-state index in [0.717, 1.165) is 23.9 Å². The minimum atomic E-state index is 0. The van der Waals surface area contributed by atoms with E-state index < -0.39 is 0 Å². The lowest BCUT2D eigenvalue weighted by Gasteiger charge is -2.34. The molecule has 1 N–H and O–H groups in total. The molecule has 3 aliphatic rings. The molecule has 0 aromatic heterocycles. The average molecular weight is 470 g/mol. The molecular formula is C29H63N3O. The first kappa shape index (κ1) is 32.8. The van der Waals surface area contributed by atoms with Crippen molar-refractivity contribution in [2.45, 2.75) is 126 Å². The first-order valence-electron chi connectivity index (χ1n) is 14.0. The minimum Gasteiger partial charge on any atom is -0.396 e. The van der Waals surface area contributed by atoms with Crippen molar-refractivity contribution in [3.05, 3.63) is 0 Å². The predicted molar refractivity (Wildman–Crippen MR) is 148 cm³/mol. The lowest BCUT2D eigenvalue weighted by molar-refractivity contribution is 0.111. The molecule has 0 atom stereocenters. The Kier molecular flexibility index (Phi) is 18.1. The number of rotatable bonds is 5. The van der Waals surface area contributed by atoms with Crippen molar-refractivity contribution in [2.24, 2.45) is 17.8 Å². The standard InChI is InChI=1S/C10H21N.C9H19NO.C9H19N.CH4/c1-4-10-5-7-11(8-6-10)9(2)3;1-8(2)10-5-3-9(7-11)4-6-10;1-8(2)10-6-4-9(3)5-7-10;/h9-10H,4-8H2,1-3H3;8-9,11H,3-7H2,1-2H3;8-9H,4-7H2,1-3H3;1H4. The van der Waals surface area contributed by atoms with Crippen LogP contribution in [0.5, 0.6) is 0 Å². The zero-order valence-corrected chi connectivity index (χ0v) is 23.2. The van der Waals surface area contributed by atoms with Gasteiger partial charge in [-0.15, -0.1) is 0 Å². The largest absolute Gasteiger partial charge is 0.396 e. The highest BCUT2D eigenvalue weighted by molar-refractivity contribution is 4.74. The second-order valence-electron chi connectivity index (χ2n) is 11.5. The summed E-state index contributed by atoms with van der Waals surface area (Å²) in [6.07, 6.45) is 9.38. The van der Waals surface area contributed by atoms with Gasteiger partial charge in [0.15, 0.2) is 0 Å². The Hall–Kier alpha value is -0.160. The maximum absolute atomic E-state index is 8.90. The van der Waals surface area contributed by atoms with Crippen molar-refractivity contribution in [3.63, 3.8) is 0 Å². The number of likely N-dealkylation sites (tertiary alicyclic amines) is 3. The van der Waals surface area contributed by atoms with Crippen molar-refractivity contribution < 1.29 is 5.11 Å². The monoisotopic (exact) mass is 469 g/mol. The van der Waals surface area contributed by atoms with Crippen LogP contribution < -0.4 is 0 Å². The second-order valence-corrected chi connectivity index (χ2v) is 11.5. The number of hydrogen-bond acceptors (Lipinski definition) is 4. The molecule has 0 bridgehead atoms. The van der Waals surface area contributed by atoms with Gasteiger partial charge in [0.25, 0.3) is 0 Å². The van der Waals surface area contributed by atoms with Crippen LogP contribution in [0.25, 0.3) is 0 Å². The molecule has 0 amide bonds. The molecule has 0 aromatic rings. The molecule has 3 saturated heterocycles. The van der Waals surface area contributed by atoms with E-state index in [4.69, 9.17) is 5.11 Å². The van der Waals surface area contributed by atoms with Gasteiger partial charge in [-0.2, -0.15) is 0 Å². The van der Waals surface area contributed by atoms with Crippen LogP contribution in [-0.2, 0) is 0 Å². The molecule has 4 heteroatoms. The second kappa shape index (κ2) is 18.2. The van der Waals surface area contributed by atoms with E-state index in [9.17, 15) is 0 Å². The summed E-state index contributed by atoms with van der Waals surface area (Å²) in [6.45, 7) is 26.3. The molecule has 0 radical (unpaired) electrons. The summed E-state index contributed by atoms with van der Waals surface area (Å²) in [7, 11) is 0. The van der Waals surface area contributed by atoms with Gasteiger partial charge in [-0.25, -0.2) is 0 Å². The minimum absolute atomic E-state index is 0. The zero-order chi connectivity index (χ0) is 24.1. The first-order chi connectivity index (χ1) is 15.2. The van der Waals surface area contributed by atoms with Crippen molar-refractivity contribution in [2.75, 3.05) is 45.9 Å². The topological polar surface area (TPSA) is 30.0 Å². The highest BCUT2D eigenvalue weighted by Crippen LogP contribution is 2.21. The quantitative estimate of drug-likeness (QED) is 0.506. The van der Waals surface area contributed by atoms with Gasteiger partial charge in [-0.3, -0.25) is 0 Å². The smallest absolute Gasteiger partial charge is 0.0460 e. The fourth-order valence-electron chi connectivity index (χ4n) is 5.07. The molecule has 33 heavy (non-hydrogen) atoms. The number of hydrogen-bond donors (Lipinski definition) is 1. The van der Waals surface area contributed by atoms with Crippen molar-refractivity contribution in [1.82, 2.24) is 14.7 Å². The maximum Gasteiger partial charge on any atom is 0.0460 e. The molecule has 3 rings (SSSR count). The molecule has 3 fully saturated rings. The van der Waals surface area contributed by atoms with E-state index in [-0.39, 0.29) is 7.43 Å².